The summed E-state index contributed by atoms with van der Waals surface area (Å²) in [6.45, 7) is 2.39. The lowest BCUT2D eigenvalue weighted by Gasteiger charge is -2.17. The van der Waals surface area contributed by atoms with Gasteiger partial charge in [-0.1, -0.05) is 13.0 Å². The van der Waals surface area contributed by atoms with Gasteiger partial charge in [0.05, 0.1) is 12.2 Å². The van der Waals surface area contributed by atoms with E-state index in [1.54, 1.807) is 13.2 Å². The molecule has 110 valence electrons. The SMILES string of the molecule is CCc1ccc(CN(C)C(=O)c2ccc(O)c(F)c2)nc1. The van der Waals surface area contributed by atoms with E-state index in [4.69, 9.17) is 5.11 Å². The van der Waals surface area contributed by atoms with Crippen LogP contribution in [0.1, 0.15) is 28.5 Å². The largest absolute Gasteiger partial charge is 0.505 e. The average molecular weight is 288 g/mol. The molecule has 0 spiro atoms. The van der Waals surface area contributed by atoms with Crippen LogP contribution >= 0.6 is 0 Å². The number of nitrogens with zero attached hydrogens (tertiary/aromatic N) is 2. The number of amides is 1. The van der Waals surface area contributed by atoms with E-state index in [0.29, 0.717) is 6.54 Å². The molecule has 1 aromatic carbocycles. The molecule has 2 aromatic rings. The highest BCUT2D eigenvalue weighted by molar-refractivity contribution is 5.94. The smallest absolute Gasteiger partial charge is 0.254 e. The standard InChI is InChI=1S/C16H17FN2O2/c1-3-11-4-6-13(18-9-11)10-19(2)16(21)12-5-7-15(20)14(17)8-12/h4-9,20H,3,10H2,1-2H3. The zero-order chi connectivity index (χ0) is 15.4. The van der Waals surface area contributed by atoms with Crippen LogP contribution in [-0.2, 0) is 13.0 Å². The van der Waals surface area contributed by atoms with E-state index in [9.17, 15) is 9.18 Å². The van der Waals surface area contributed by atoms with Crippen molar-refractivity contribution in [2.75, 3.05) is 7.05 Å². The number of aryl methyl sites for hydroxylation is 1. The second-order valence-electron chi connectivity index (χ2n) is 4.84. The van der Waals surface area contributed by atoms with Gasteiger partial charge in [-0.3, -0.25) is 9.78 Å². The number of carbonyl (C=O) groups is 1. The number of halogens is 1. The molecule has 1 heterocycles. The summed E-state index contributed by atoms with van der Waals surface area (Å²) in [5.41, 5.74) is 2.09. The Kier molecular flexibility index (Phi) is 4.52. The van der Waals surface area contributed by atoms with Gasteiger partial charge in [0.15, 0.2) is 11.6 Å². The maximum Gasteiger partial charge on any atom is 0.254 e. The highest BCUT2D eigenvalue weighted by Crippen LogP contribution is 2.17. The van der Waals surface area contributed by atoms with E-state index in [1.807, 2.05) is 19.1 Å². The molecular weight excluding hydrogens is 271 g/mol. The summed E-state index contributed by atoms with van der Waals surface area (Å²) in [5.74, 6) is -1.60. The zero-order valence-electron chi connectivity index (χ0n) is 12.0. The predicted molar refractivity (Wildman–Crippen MR) is 77.5 cm³/mol. The van der Waals surface area contributed by atoms with Crippen LogP contribution in [-0.4, -0.2) is 27.9 Å². The normalized spacial score (nSPS) is 10.4. The molecular formula is C16H17FN2O2. The number of phenolic OH excluding ortho intramolecular Hbond substituents is 1. The van der Waals surface area contributed by atoms with Crippen LogP contribution in [0.5, 0.6) is 5.75 Å². The van der Waals surface area contributed by atoms with Crippen molar-refractivity contribution in [3.63, 3.8) is 0 Å². The molecule has 0 saturated carbocycles. The molecule has 2 rings (SSSR count). The number of pyridine rings is 1. The second-order valence-corrected chi connectivity index (χ2v) is 4.84. The number of hydrogen-bond acceptors (Lipinski definition) is 3. The summed E-state index contributed by atoms with van der Waals surface area (Å²) in [6.07, 6.45) is 2.70. The molecule has 0 aliphatic carbocycles. The third-order valence-electron chi connectivity index (χ3n) is 3.23. The number of carbonyl (C=O) groups excluding carboxylic acids is 1. The number of benzene rings is 1. The topological polar surface area (TPSA) is 53.4 Å². The van der Waals surface area contributed by atoms with Crippen LogP contribution < -0.4 is 0 Å². The van der Waals surface area contributed by atoms with E-state index >= 15 is 0 Å². The zero-order valence-corrected chi connectivity index (χ0v) is 12.0. The number of hydrogen-bond donors (Lipinski definition) is 1. The first-order valence-corrected chi connectivity index (χ1v) is 6.69. The Hall–Kier alpha value is -2.43. The third kappa shape index (κ3) is 3.56. The van der Waals surface area contributed by atoms with E-state index in [1.165, 1.54) is 17.0 Å². The Morgan fingerprint density at radius 3 is 2.67 bits per heavy atom. The lowest BCUT2D eigenvalue weighted by Crippen LogP contribution is -2.26. The number of rotatable bonds is 4. The Labute approximate surface area is 122 Å². The highest BCUT2D eigenvalue weighted by Gasteiger charge is 2.14. The Morgan fingerprint density at radius 1 is 1.33 bits per heavy atom. The maximum atomic E-state index is 13.3. The van der Waals surface area contributed by atoms with Gasteiger partial charge in [-0.15, -0.1) is 0 Å². The van der Waals surface area contributed by atoms with Crippen LogP contribution in [0.15, 0.2) is 36.5 Å². The van der Waals surface area contributed by atoms with Gasteiger partial charge in [0, 0.05) is 18.8 Å². The minimum absolute atomic E-state index is 0.193. The van der Waals surface area contributed by atoms with Crippen molar-refractivity contribution < 1.29 is 14.3 Å². The van der Waals surface area contributed by atoms with Crippen molar-refractivity contribution >= 4 is 5.91 Å². The monoisotopic (exact) mass is 288 g/mol. The number of phenols is 1. The van der Waals surface area contributed by atoms with Crippen molar-refractivity contribution in [1.82, 2.24) is 9.88 Å². The molecule has 5 heteroatoms. The van der Waals surface area contributed by atoms with Crippen LogP contribution in [0.25, 0.3) is 0 Å². The number of aromatic hydroxyl groups is 1. The van der Waals surface area contributed by atoms with Crippen molar-refractivity contribution in [2.24, 2.45) is 0 Å². The fourth-order valence-corrected chi connectivity index (χ4v) is 1.93. The molecule has 1 aromatic heterocycles. The first kappa shape index (κ1) is 15.0. The van der Waals surface area contributed by atoms with E-state index in [0.717, 1.165) is 23.7 Å². The molecule has 0 saturated heterocycles. The van der Waals surface area contributed by atoms with E-state index in [2.05, 4.69) is 4.98 Å². The molecule has 0 aliphatic rings. The summed E-state index contributed by atoms with van der Waals surface area (Å²) < 4.78 is 13.3. The fraction of sp³-hybridized carbons (Fsp3) is 0.250. The summed E-state index contributed by atoms with van der Waals surface area (Å²) in [4.78, 5) is 17.9. The molecule has 0 fully saturated rings. The molecule has 0 aliphatic heterocycles. The van der Waals surface area contributed by atoms with Gasteiger partial charge < -0.3 is 10.0 Å². The molecule has 4 nitrogen and oxygen atoms in total. The van der Waals surface area contributed by atoms with E-state index in [-0.39, 0.29) is 11.5 Å². The Balaban J connectivity index is 2.09. The lowest BCUT2D eigenvalue weighted by atomic mass is 10.1. The quantitative estimate of drug-likeness (QED) is 0.941. The molecule has 0 atom stereocenters. The van der Waals surface area contributed by atoms with Gasteiger partial charge in [0.25, 0.3) is 5.91 Å². The van der Waals surface area contributed by atoms with Gasteiger partial charge in [-0.05, 0) is 36.2 Å². The average Bonchev–Trinajstić information content (AvgIpc) is 2.50. The molecule has 0 bridgehead atoms. The predicted octanol–water partition coefficient (Wildman–Crippen LogP) is 2.76. The maximum absolute atomic E-state index is 13.3. The molecule has 21 heavy (non-hydrogen) atoms. The van der Waals surface area contributed by atoms with Gasteiger partial charge in [-0.25, -0.2) is 4.39 Å². The molecule has 0 unspecified atom stereocenters. The lowest BCUT2D eigenvalue weighted by molar-refractivity contribution is 0.0783. The Morgan fingerprint density at radius 2 is 2.10 bits per heavy atom. The minimum atomic E-state index is -0.806. The summed E-state index contributed by atoms with van der Waals surface area (Å²) in [5, 5.41) is 9.14. The van der Waals surface area contributed by atoms with E-state index < -0.39 is 11.6 Å². The highest BCUT2D eigenvalue weighted by atomic mass is 19.1. The summed E-state index contributed by atoms with van der Waals surface area (Å²) >= 11 is 0. The minimum Gasteiger partial charge on any atom is -0.505 e. The van der Waals surface area contributed by atoms with Gasteiger partial charge in [0.2, 0.25) is 0 Å². The summed E-state index contributed by atoms with van der Waals surface area (Å²) in [6, 6.07) is 7.44. The van der Waals surface area contributed by atoms with Crippen molar-refractivity contribution in [3.05, 3.63) is 59.2 Å². The van der Waals surface area contributed by atoms with Gasteiger partial charge >= 0.3 is 0 Å². The van der Waals surface area contributed by atoms with Gasteiger partial charge in [-0.2, -0.15) is 0 Å². The third-order valence-corrected chi connectivity index (χ3v) is 3.23. The first-order valence-electron chi connectivity index (χ1n) is 6.69. The summed E-state index contributed by atoms with van der Waals surface area (Å²) in [7, 11) is 1.63. The molecule has 1 N–H and O–H groups in total. The van der Waals surface area contributed by atoms with Crippen molar-refractivity contribution in [3.8, 4) is 5.75 Å². The second kappa shape index (κ2) is 6.35. The van der Waals surface area contributed by atoms with Crippen LogP contribution in [0.3, 0.4) is 0 Å². The first-order chi connectivity index (χ1) is 10.0. The fourth-order valence-electron chi connectivity index (χ4n) is 1.93. The van der Waals surface area contributed by atoms with Crippen molar-refractivity contribution in [2.45, 2.75) is 19.9 Å². The molecule has 0 radical (unpaired) electrons. The Bertz CT molecular complexity index is 641. The van der Waals surface area contributed by atoms with Crippen molar-refractivity contribution in [1.29, 1.82) is 0 Å². The van der Waals surface area contributed by atoms with Crippen LogP contribution in [0.2, 0.25) is 0 Å². The number of aromatic nitrogens is 1. The van der Waals surface area contributed by atoms with Crippen LogP contribution in [0, 0.1) is 5.82 Å². The van der Waals surface area contributed by atoms with Gasteiger partial charge in [0.1, 0.15) is 0 Å². The van der Waals surface area contributed by atoms with Crippen LogP contribution in [0.4, 0.5) is 4.39 Å². The molecule has 1 amide bonds.